The van der Waals surface area contributed by atoms with Crippen LogP contribution < -0.4 is 14.8 Å². The van der Waals surface area contributed by atoms with Crippen molar-refractivity contribution in [2.45, 2.75) is 13.0 Å². The molecule has 1 atom stereocenters. The molecule has 29 heavy (non-hydrogen) atoms. The largest absolute Gasteiger partial charge is 0.497 e. The number of anilines is 1. The van der Waals surface area contributed by atoms with E-state index in [0.29, 0.717) is 5.75 Å². The summed E-state index contributed by atoms with van der Waals surface area (Å²) in [6.45, 7) is 1.88. The monoisotopic (exact) mass is 386 g/mol. The number of para-hydroxylation sites is 1. The second kappa shape index (κ2) is 8.10. The van der Waals surface area contributed by atoms with Crippen molar-refractivity contribution in [1.82, 2.24) is 4.57 Å². The van der Waals surface area contributed by atoms with Gasteiger partial charge in [-0.05, 0) is 67.6 Å². The van der Waals surface area contributed by atoms with Crippen LogP contribution in [0.1, 0.15) is 13.0 Å². The summed E-state index contributed by atoms with van der Waals surface area (Å²) in [7, 11) is 1.64. The number of fused-ring (bicyclic) bond motifs is 1. The number of amides is 1. The van der Waals surface area contributed by atoms with Crippen molar-refractivity contribution >= 4 is 22.5 Å². The summed E-state index contributed by atoms with van der Waals surface area (Å²) in [4.78, 5) is 12.8. The van der Waals surface area contributed by atoms with Crippen molar-refractivity contribution in [3.05, 3.63) is 85.1 Å². The van der Waals surface area contributed by atoms with Gasteiger partial charge in [0, 0.05) is 22.8 Å². The summed E-state index contributed by atoms with van der Waals surface area (Å²) in [5.74, 6) is 2.20. The molecule has 0 spiro atoms. The summed E-state index contributed by atoms with van der Waals surface area (Å²) in [5, 5.41) is 4.00. The molecule has 4 rings (SSSR count). The summed E-state index contributed by atoms with van der Waals surface area (Å²) in [6.07, 6.45) is 1.92. The highest BCUT2D eigenvalue weighted by Gasteiger charge is 2.17. The normalized spacial score (nSPS) is 11.8. The molecule has 0 saturated carbocycles. The Kier molecular flexibility index (Phi) is 5.20. The van der Waals surface area contributed by atoms with Gasteiger partial charge in [0.15, 0.2) is 0 Å². The SMILES string of the molecule is COc1ccc2c(ccn2C(C)C(=O)Nc2ccc(Oc3ccccc3)cc2)c1. The van der Waals surface area contributed by atoms with Crippen molar-refractivity contribution in [1.29, 1.82) is 0 Å². The Morgan fingerprint density at radius 3 is 2.31 bits per heavy atom. The first-order valence-electron chi connectivity index (χ1n) is 9.42. The fraction of sp³-hybridized carbons (Fsp3) is 0.125. The van der Waals surface area contributed by atoms with Crippen molar-refractivity contribution in [3.8, 4) is 17.2 Å². The molecule has 1 heterocycles. The van der Waals surface area contributed by atoms with Gasteiger partial charge in [0.1, 0.15) is 23.3 Å². The Morgan fingerprint density at radius 2 is 1.59 bits per heavy atom. The van der Waals surface area contributed by atoms with Crippen LogP contribution in [0.25, 0.3) is 10.9 Å². The van der Waals surface area contributed by atoms with Gasteiger partial charge in [0.2, 0.25) is 5.91 Å². The zero-order valence-electron chi connectivity index (χ0n) is 16.3. The minimum Gasteiger partial charge on any atom is -0.497 e. The molecule has 146 valence electrons. The van der Waals surface area contributed by atoms with Crippen LogP contribution in [0.2, 0.25) is 0 Å². The highest BCUT2D eigenvalue weighted by molar-refractivity contribution is 5.95. The molecule has 0 aliphatic carbocycles. The van der Waals surface area contributed by atoms with E-state index in [9.17, 15) is 4.79 Å². The zero-order chi connectivity index (χ0) is 20.2. The molecule has 5 heteroatoms. The average Bonchev–Trinajstić information content (AvgIpc) is 3.18. The van der Waals surface area contributed by atoms with E-state index >= 15 is 0 Å². The highest BCUT2D eigenvalue weighted by atomic mass is 16.5. The van der Waals surface area contributed by atoms with Gasteiger partial charge in [-0.25, -0.2) is 0 Å². The smallest absolute Gasteiger partial charge is 0.247 e. The van der Waals surface area contributed by atoms with Crippen molar-refractivity contribution < 1.29 is 14.3 Å². The number of benzene rings is 3. The molecule has 1 amide bonds. The lowest BCUT2D eigenvalue weighted by atomic mass is 10.2. The van der Waals surface area contributed by atoms with E-state index < -0.39 is 0 Å². The van der Waals surface area contributed by atoms with Crippen LogP contribution in [-0.2, 0) is 4.79 Å². The molecule has 0 bridgehead atoms. The number of ether oxygens (including phenoxy) is 2. The van der Waals surface area contributed by atoms with Gasteiger partial charge in [0.05, 0.1) is 7.11 Å². The fourth-order valence-corrected chi connectivity index (χ4v) is 3.21. The summed E-state index contributed by atoms with van der Waals surface area (Å²) in [5.41, 5.74) is 1.71. The maximum absolute atomic E-state index is 12.8. The maximum atomic E-state index is 12.8. The predicted molar refractivity (Wildman–Crippen MR) is 115 cm³/mol. The first kappa shape index (κ1) is 18.6. The molecule has 1 unspecified atom stereocenters. The van der Waals surface area contributed by atoms with Crippen LogP contribution in [0.4, 0.5) is 5.69 Å². The summed E-state index contributed by atoms with van der Waals surface area (Å²) in [6, 6.07) is 24.4. The number of hydrogen-bond donors (Lipinski definition) is 1. The Bertz CT molecular complexity index is 1120. The van der Waals surface area contributed by atoms with Crippen molar-refractivity contribution in [2.24, 2.45) is 0 Å². The molecule has 3 aromatic carbocycles. The van der Waals surface area contributed by atoms with Gasteiger partial charge in [-0.15, -0.1) is 0 Å². The third kappa shape index (κ3) is 4.09. The molecular formula is C24H22N2O3. The standard InChI is InChI=1S/C24H22N2O3/c1-17(26-15-14-18-16-22(28-2)12-13-23(18)26)24(27)25-19-8-10-21(11-9-19)29-20-6-4-3-5-7-20/h3-17H,1-2H3,(H,25,27). The van der Waals surface area contributed by atoms with Gasteiger partial charge in [0.25, 0.3) is 0 Å². The Morgan fingerprint density at radius 1 is 0.897 bits per heavy atom. The van der Waals surface area contributed by atoms with Crippen LogP contribution >= 0.6 is 0 Å². The Balaban J connectivity index is 1.45. The van der Waals surface area contributed by atoms with E-state index in [2.05, 4.69) is 5.32 Å². The zero-order valence-corrected chi connectivity index (χ0v) is 16.3. The molecule has 1 N–H and O–H groups in total. The van der Waals surface area contributed by atoms with E-state index in [-0.39, 0.29) is 11.9 Å². The van der Waals surface area contributed by atoms with Crippen LogP contribution in [-0.4, -0.2) is 17.6 Å². The van der Waals surface area contributed by atoms with Gasteiger partial charge >= 0.3 is 0 Å². The molecule has 0 radical (unpaired) electrons. The molecular weight excluding hydrogens is 364 g/mol. The first-order valence-corrected chi connectivity index (χ1v) is 9.42. The molecule has 0 aliphatic heterocycles. The molecule has 0 saturated heterocycles. The molecule has 0 aliphatic rings. The van der Waals surface area contributed by atoms with Crippen molar-refractivity contribution in [2.75, 3.05) is 12.4 Å². The third-order valence-corrected chi connectivity index (χ3v) is 4.83. The number of nitrogens with one attached hydrogen (secondary N) is 1. The third-order valence-electron chi connectivity index (χ3n) is 4.83. The minimum atomic E-state index is -0.360. The number of carbonyl (C=O) groups excluding carboxylic acids is 1. The Labute approximate surface area is 169 Å². The fourth-order valence-electron chi connectivity index (χ4n) is 3.21. The van der Waals surface area contributed by atoms with Gasteiger partial charge < -0.3 is 19.4 Å². The molecule has 5 nitrogen and oxygen atoms in total. The lowest BCUT2D eigenvalue weighted by Gasteiger charge is -2.16. The van der Waals surface area contributed by atoms with E-state index in [0.717, 1.165) is 28.1 Å². The minimum absolute atomic E-state index is 0.0879. The van der Waals surface area contributed by atoms with Gasteiger partial charge in [-0.1, -0.05) is 18.2 Å². The van der Waals surface area contributed by atoms with Crippen LogP contribution in [0.15, 0.2) is 85.1 Å². The topological polar surface area (TPSA) is 52.5 Å². The van der Waals surface area contributed by atoms with E-state index in [1.165, 1.54) is 0 Å². The van der Waals surface area contributed by atoms with E-state index in [1.807, 2.05) is 96.6 Å². The quantitative estimate of drug-likeness (QED) is 0.466. The van der Waals surface area contributed by atoms with E-state index in [4.69, 9.17) is 9.47 Å². The number of hydrogen-bond acceptors (Lipinski definition) is 3. The van der Waals surface area contributed by atoms with Gasteiger partial charge in [-0.2, -0.15) is 0 Å². The predicted octanol–water partition coefficient (Wildman–Crippen LogP) is 5.64. The molecule has 4 aromatic rings. The lowest BCUT2D eigenvalue weighted by Crippen LogP contribution is -2.23. The lowest BCUT2D eigenvalue weighted by molar-refractivity contribution is -0.118. The molecule has 1 aromatic heterocycles. The molecule has 0 fully saturated rings. The van der Waals surface area contributed by atoms with E-state index in [1.54, 1.807) is 7.11 Å². The second-order valence-corrected chi connectivity index (χ2v) is 6.75. The summed E-state index contributed by atoms with van der Waals surface area (Å²) >= 11 is 0. The maximum Gasteiger partial charge on any atom is 0.247 e. The Hall–Kier alpha value is -3.73. The average molecular weight is 386 g/mol. The number of methoxy groups -OCH3 is 1. The number of aromatic nitrogens is 1. The van der Waals surface area contributed by atoms with Crippen LogP contribution in [0, 0.1) is 0 Å². The van der Waals surface area contributed by atoms with Crippen LogP contribution in [0.3, 0.4) is 0 Å². The number of carbonyl (C=O) groups is 1. The highest BCUT2D eigenvalue weighted by Crippen LogP contribution is 2.26. The van der Waals surface area contributed by atoms with Crippen molar-refractivity contribution in [3.63, 3.8) is 0 Å². The van der Waals surface area contributed by atoms with Crippen LogP contribution in [0.5, 0.6) is 17.2 Å². The number of rotatable bonds is 6. The second-order valence-electron chi connectivity index (χ2n) is 6.75. The number of nitrogens with zero attached hydrogens (tertiary/aromatic N) is 1. The summed E-state index contributed by atoms with van der Waals surface area (Å²) < 4.78 is 13.0. The van der Waals surface area contributed by atoms with Gasteiger partial charge in [-0.3, -0.25) is 4.79 Å². The first-order chi connectivity index (χ1) is 14.1.